The second kappa shape index (κ2) is 7.61. The van der Waals surface area contributed by atoms with Crippen LogP contribution in [0.4, 0.5) is 11.4 Å². The van der Waals surface area contributed by atoms with Crippen LogP contribution >= 0.6 is 0 Å². The molecule has 0 fully saturated rings. The lowest BCUT2D eigenvalue weighted by atomic mass is 10.1. The number of carbonyl (C=O) groups is 3. The van der Waals surface area contributed by atoms with E-state index in [1.54, 1.807) is 26.0 Å². The average Bonchev–Trinajstić information content (AvgIpc) is 2.82. The lowest BCUT2D eigenvalue weighted by Gasteiger charge is -2.10. The first-order valence-electron chi connectivity index (χ1n) is 7.79. The Morgan fingerprint density at radius 2 is 1.76 bits per heavy atom. The fourth-order valence-electron chi connectivity index (χ4n) is 2.46. The van der Waals surface area contributed by atoms with Crippen LogP contribution in [0.15, 0.2) is 24.3 Å². The van der Waals surface area contributed by atoms with Crippen molar-refractivity contribution in [3.63, 3.8) is 0 Å². The summed E-state index contributed by atoms with van der Waals surface area (Å²) < 4.78 is 1.26. The normalized spacial score (nSPS) is 10.4. The molecule has 0 aliphatic carbocycles. The number of aromatic nitrogens is 2. The number of carboxylic acids is 1. The van der Waals surface area contributed by atoms with Gasteiger partial charge in [0.2, 0.25) is 0 Å². The number of nitrogens with one attached hydrogen (secondary N) is 2. The van der Waals surface area contributed by atoms with Crippen molar-refractivity contribution < 1.29 is 19.5 Å². The Kier molecular flexibility index (Phi) is 5.53. The van der Waals surface area contributed by atoms with E-state index in [1.807, 2.05) is 19.1 Å². The molecule has 2 aromatic rings. The third-order valence-electron chi connectivity index (χ3n) is 3.76. The van der Waals surface area contributed by atoms with E-state index in [4.69, 9.17) is 5.11 Å². The number of amides is 2. The van der Waals surface area contributed by atoms with E-state index in [0.29, 0.717) is 22.8 Å². The number of rotatable bonds is 5. The monoisotopic (exact) mass is 344 g/mol. The zero-order valence-electron chi connectivity index (χ0n) is 14.3. The van der Waals surface area contributed by atoms with Crippen LogP contribution in [0.3, 0.4) is 0 Å². The summed E-state index contributed by atoms with van der Waals surface area (Å²) in [6, 6.07) is 7.23. The molecule has 1 aromatic carbocycles. The van der Waals surface area contributed by atoms with Gasteiger partial charge < -0.3 is 15.7 Å². The topological polar surface area (TPSA) is 113 Å². The number of nitrogens with zero attached hydrogens (tertiary/aromatic N) is 2. The first-order valence-corrected chi connectivity index (χ1v) is 7.79. The minimum atomic E-state index is -1.04. The molecule has 0 saturated carbocycles. The molecule has 0 unspecified atom stereocenters. The maximum atomic E-state index is 12.2. The zero-order valence-corrected chi connectivity index (χ0v) is 14.3. The van der Waals surface area contributed by atoms with Gasteiger partial charge in [-0.1, -0.05) is 25.1 Å². The minimum Gasteiger partial charge on any atom is -0.480 e. The van der Waals surface area contributed by atoms with Crippen LogP contribution in [0.5, 0.6) is 0 Å². The number of carbonyl (C=O) groups excluding carboxylic acids is 2. The molecule has 2 amide bonds. The number of aliphatic carboxylic acids is 1. The van der Waals surface area contributed by atoms with Crippen LogP contribution in [0.2, 0.25) is 0 Å². The Morgan fingerprint density at radius 1 is 1.12 bits per heavy atom. The highest BCUT2D eigenvalue weighted by Gasteiger charge is 2.20. The minimum absolute atomic E-state index is 0.321. The summed E-state index contributed by atoms with van der Waals surface area (Å²) in [5.74, 6) is -2.69. The highest BCUT2D eigenvalue weighted by Crippen LogP contribution is 2.20. The van der Waals surface area contributed by atoms with Gasteiger partial charge in [0.25, 0.3) is 0 Å². The lowest BCUT2D eigenvalue weighted by Crippen LogP contribution is -2.29. The summed E-state index contributed by atoms with van der Waals surface area (Å²) in [4.78, 5) is 35.1. The fourth-order valence-corrected chi connectivity index (χ4v) is 2.46. The van der Waals surface area contributed by atoms with Crippen LogP contribution in [-0.4, -0.2) is 32.7 Å². The summed E-state index contributed by atoms with van der Waals surface area (Å²) in [5.41, 5.74) is 2.75. The first kappa shape index (κ1) is 18.2. The van der Waals surface area contributed by atoms with E-state index >= 15 is 0 Å². The molecule has 0 aliphatic rings. The summed E-state index contributed by atoms with van der Waals surface area (Å²) in [6.07, 6.45) is 0.720. The predicted molar refractivity (Wildman–Crippen MR) is 92.4 cm³/mol. The van der Waals surface area contributed by atoms with Crippen molar-refractivity contribution in [2.45, 2.75) is 33.7 Å². The standard InChI is InChI=1S/C17H20N4O4/c1-4-12-7-5-6-8-13(12)18-16(24)17(25)19-15-10(2)20-21(11(15)3)9-14(22)23/h5-8H,4,9H2,1-3H3,(H,18,24)(H,19,25)(H,22,23). The van der Waals surface area contributed by atoms with E-state index < -0.39 is 17.8 Å². The molecule has 1 aromatic heterocycles. The number of hydrogen-bond acceptors (Lipinski definition) is 4. The smallest absolute Gasteiger partial charge is 0.325 e. The Hall–Kier alpha value is -3.16. The quantitative estimate of drug-likeness (QED) is 0.715. The number of hydrogen-bond donors (Lipinski definition) is 3. The zero-order chi connectivity index (χ0) is 18.6. The highest BCUT2D eigenvalue weighted by molar-refractivity contribution is 6.43. The summed E-state index contributed by atoms with van der Waals surface area (Å²) >= 11 is 0. The van der Waals surface area contributed by atoms with Gasteiger partial charge >= 0.3 is 17.8 Å². The molecule has 1 heterocycles. The van der Waals surface area contributed by atoms with Gasteiger partial charge in [-0.3, -0.25) is 19.1 Å². The maximum Gasteiger partial charge on any atom is 0.325 e. The van der Waals surface area contributed by atoms with Gasteiger partial charge in [0.15, 0.2) is 0 Å². The number of para-hydroxylation sites is 1. The van der Waals surface area contributed by atoms with Gasteiger partial charge in [0, 0.05) is 5.69 Å². The van der Waals surface area contributed by atoms with Gasteiger partial charge in [-0.25, -0.2) is 0 Å². The van der Waals surface area contributed by atoms with Gasteiger partial charge in [-0.05, 0) is 31.9 Å². The summed E-state index contributed by atoms with van der Waals surface area (Å²) in [7, 11) is 0. The van der Waals surface area contributed by atoms with Gasteiger partial charge in [-0.2, -0.15) is 5.10 Å². The van der Waals surface area contributed by atoms with Crippen molar-refractivity contribution in [1.29, 1.82) is 0 Å². The van der Waals surface area contributed by atoms with Crippen molar-refractivity contribution in [1.82, 2.24) is 9.78 Å². The molecular weight excluding hydrogens is 324 g/mol. The number of aryl methyl sites for hydroxylation is 2. The Labute approximate surface area is 144 Å². The fraction of sp³-hybridized carbons (Fsp3) is 0.294. The van der Waals surface area contributed by atoms with Crippen molar-refractivity contribution in [2.75, 3.05) is 10.6 Å². The van der Waals surface area contributed by atoms with E-state index in [2.05, 4.69) is 15.7 Å². The third kappa shape index (κ3) is 4.23. The van der Waals surface area contributed by atoms with E-state index in [0.717, 1.165) is 12.0 Å². The molecular formula is C17H20N4O4. The number of carboxylic acid groups (broad SMARTS) is 1. The van der Waals surface area contributed by atoms with E-state index in [1.165, 1.54) is 4.68 Å². The Balaban J connectivity index is 2.13. The van der Waals surface area contributed by atoms with Crippen LogP contribution < -0.4 is 10.6 Å². The molecule has 25 heavy (non-hydrogen) atoms. The van der Waals surface area contributed by atoms with Crippen LogP contribution in [0.25, 0.3) is 0 Å². The Bertz CT molecular complexity index is 826. The lowest BCUT2D eigenvalue weighted by molar-refractivity contribution is -0.137. The molecule has 0 atom stereocenters. The summed E-state index contributed by atoms with van der Waals surface area (Å²) in [5, 5.41) is 18.0. The second-order valence-corrected chi connectivity index (χ2v) is 5.52. The molecule has 0 bridgehead atoms. The van der Waals surface area contributed by atoms with Crippen LogP contribution in [-0.2, 0) is 27.3 Å². The van der Waals surface area contributed by atoms with Crippen molar-refractivity contribution in [3.05, 3.63) is 41.2 Å². The predicted octanol–water partition coefficient (Wildman–Crippen LogP) is 1.72. The van der Waals surface area contributed by atoms with Crippen molar-refractivity contribution in [3.8, 4) is 0 Å². The van der Waals surface area contributed by atoms with Crippen molar-refractivity contribution >= 4 is 29.2 Å². The molecule has 0 radical (unpaired) electrons. The first-order chi connectivity index (χ1) is 11.8. The molecule has 8 heteroatoms. The average molecular weight is 344 g/mol. The molecule has 0 aliphatic heterocycles. The Morgan fingerprint density at radius 3 is 2.40 bits per heavy atom. The molecule has 3 N–H and O–H groups in total. The highest BCUT2D eigenvalue weighted by atomic mass is 16.4. The molecule has 8 nitrogen and oxygen atoms in total. The largest absolute Gasteiger partial charge is 0.480 e. The maximum absolute atomic E-state index is 12.2. The van der Waals surface area contributed by atoms with E-state index in [9.17, 15) is 14.4 Å². The van der Waals surface area contributed by atoms with Gasteiger partial charge in [0.1, 0.15) is 6.54 Å². The van der Waals surface area contributed by atoms with Gasteiger partial charge in [-0.15, -0.1) is 0 Å². The number of benzene rings is 1. The van der Waals surface area contributed by atoms with Crippen molar-refractivity contribution in [2.24, 2.45) is 0 Å². The number of anilines is 2. The molecule has 0 saturated heterocycles. The second-order valence-electron chi connectivity index (χ2n) is 5.52. The third-order valence-corrected chi connectivity index (χ3v) is 3.76. The van der Waals surface area contributed by atoms with Crippen LogP contribution in [0.1, 0.15) is 23.9 Å². The molecule has 0 spiro atoms. The van der Waals surface area contributed by atoms with Gasteiger partial charge in [0.05, 0.1) is 17.1 Å². The SMILES string of the molecule is CCc1ccccc1NC(=O)C(=O)Nc1c(C)nn(CC(=O)O)c1C. The molecule has 2 rings (SSSR count). The summed E-state index contributed by atoms with van der Waals surface area (Å²) in [6.45, 7) is 4.89. The van der Waals surface area contributed by atoms with Crippen LogP contribution in [0, 0.1) is 13.8 Å². The molecule has 132 valence electrons. The van der Waals surface area contributed by atoms with E-state index in [-0.39, 0.29) is 6.54 Å².